The van der Waals surface area contributed by atoms with Gasteiger partial charge in [-0.2, -0.15) is 0 Å². The summed E-state index contributed by atoms with van der Waals surface area (Å²) in [6, 6.07) is 16.0. The Morgan fingerprint density at radius 2 is 1.50 bits per heavy atom. The third-order valence-corrected chi connectivity index (χ3v) is 3.28. The van der Waals surface area contributed by atoms with E-state index in [4.69, 9.17) is 9.47 Å². The van der Waals surface area contributed by atoms with Crippen molar-refractivity contribution in [3.63, 3.8) is 0 Å². The molecule has 3 nitrogen and oxygen atoms in total. The summed E-state index contributed by atoms with van der Waals surface area (Å²) in [5.41, 5.74) is 2.17. The minimum atomic E-state index is 0.343. The average Bonchev–Trinajstić information content (AvgIpc) is 2.61. The summed E-state index contributed by atoms with van der Waals surface area (Å²) in [6.45, 7) is 3.76. The fourth-order valence-corrected chi connectivity index (χ4v) is 1.98. The van der Waals surface area contributed by atoms with Crippen molar-refractivity contribution in [2.24, 2.45) is 0 Å². The topological polar surface area (TPSA) is 35.5 Å². The first kappa shape index (κ1) is 17.8. The number of carbonyl (C=O) groups excluding carboxylic acids is 1. The van der Waals surface area contributed by atoms with E-state index in [2.05, 4.69) is 12.1 Å². The number of rotatable bonds is 5. The lowest BCUT2D eigenvalue weighted by atomic mass is 10.0. The maximum Gasteiger partial charge on any atom is 0.168 e. The number of Topliss-reactive ketones (excluding diaryl/α,β-unsaturated/α-hetero) is 1. The first-order valence-corrected chi connectivity index (χ1v) is 7.45. The molecule has 0 bridgehead atoms. The molecule has 0 aromatic heterocycles. The van der Waals surface area contributed by atoms with Gasteiger partial charge < -0.3 is 9.47 Å². The Morgan fingerprint density at radius 1 is 0.864 bits per heavy atom. The number of para-hydroxylation sites is 1. The number of benzene rings is 2. The molecule has 0 radical (unpaired) electrons. The molecule has 0 aliphatic carbocycles. The Labute approximate surface area is 132 Å². The van der Waals surface area contributed by atoms with E-state index < -0.39 is 0 Å². The van der Waals surface area contributed by atoms with Gasteiger partial charge in [-0.25, -0.2) is 0 Å². The third kappa shape index (κ3) is 4.92. The predicted octanol–water partition coefficient (Wildman–Crippen LogP) is 4.75. The van der Waals surface area contributed by atoms with Crippen molar-refractivity contribution in [1.82, 2.24) is 0 Å². The van der Waals surface area contributed by atoms with Gasteiger partial charge in [0.1, 0.15) is 5.78 Å². The molecule has 2 rings (SSSR count). The molecule has 118 valence electrons. The van der Waals surface area contributed by atoms with Gasteiger partial charge in [-0.1, -0.05) is 56.3 Å². The zero-order valence-electron chi connectivity index (χ0n) is 13.8. The van der Waals surface area contributed by atoms with Crippen LogP contribution in [0.25, 0.3) is 11.1 Å². The highest BCUT2D eigenvalue weighted by molar-refractivity contribution is 5.77. The first-order chi connectivity index (χ1) is 10.7. The van der Waals surface area contributed by atoms with E-state index in [1.165, 1.54) is 0 Å². The van der Waals surface area contributed by atoms with Gasteiger partial charge in [0.05, 0.1) is 14.2 Å². The average molecular weight is 300 g/mol. The van der Waals surface area contributed by atoms with Crippen LogP contribution >= 0.6 is 0 Å². The van der Waals surface area contributed by atoms with E-state index >= 15 is 0 Å². The Bertz CT molecular complexity index is 570. The summed E-state index contributed by atoms with van der Waals surface area (Å²) in [4.78, 5) is 10.2. The molecular formula is C19H24O3. The quantitative estimate of drug-likeness (QED) is 0.799. The highest BCUT2D eigenvalue weighted by Crippen LogP contribution is 2.37. The van der Waals surface area contributed by atoms with Gasteiger partial charge in [-0.15, -0.1) is 0 Å². The molecule has 0 heterocycles. The van der Waals surface area contributed by atoms with Gasteiger partial charge in [-0.05, 0) is 11.6 Å². The smallest absolute Gasteiger partial charge is 0.168 e. The van der Waals surface area contributed by atoms with Crippen LogP contribution in [0.5, 0.6) is 11.5 Å². The van der Waals surface area contributed by atoms with Gasteiger partial charge in [0.2, 0.25) is 0 Å². The van der Waals surface area contributed by atoms with Crippen LogP contribution in [0.4, 0.5) is 0 Å². The van der Waals surface area contributed by atoms with Gasteiger partial charge in [-0.3, -0.25) is 4.79 Å². The minimum Gasteiger partial charge on any atom is -0.493 e. The Kier molecular flexibility index (Phi) is 7.76. The van der Waals surface area contributed by atoms with Crippen molar-refractivity contribution in [3.05, 3.63) is 48.5 Å². The summed E-state index contributed by atoms with van der Waals surface area (Å²) in [5.74, 6) is 1.87. The summed E-state index contributed by atoms with van der Waals surface area (Å²) < 4.78 is 10.7. The lowest BCUT2D eigenvalue weighted by Gasteiger charge is -2.12. The number of ketones is 1. The summed E-state index contributed by atoms with van der Waals surface area (Å²) in [5, 5.41) is 0. The second kappa shape index (κ2) is 9.61. The van der Waals surface area contributed by atoms with E-state index in [0.29, 0.717) is 18.6 Å². The molecule has 0 saturated heterocycles. The van der Waals surface area contributed by atoms with E-state index in [-0.39, 0.29) is 0 Å². The summed E-state index contributed by atoms with van der Waals surface area (Å²) in [6.07, 6.45) is 1.38. The number of carbonyl (C=O) groups is 1. The fraction of sp³-hybridized carbons (Fsp3) is 0.316. The van der Waals surface area contributed by atoms with E-state index in [9.17, 15) is 4.79 Å². The number of methoxy groups -OCH3 is 2. The zero-order chi connectivity index (χ0) is 16.4. The van der Waals surface area contributed by atoms with Gasteiger partial charge in [0, 0.05) is 18.4 Å². The van der Waals surface area contributed by atoms with Crippen LogP contribution in [0, 0.1) is 0 Å². The fourth-order valence-electron chi connectivity index (χ4n) is 1.98. The number of hydrogen-bond donors (Lipinski definition) is 0. The van der Waals surface area contributed by atoms with Crippen LogP contribution in [0.1, 0.15) is 26.7 Å². The summed E-state index contributed by atoms with van der Waals surface area (Å²) >= 11 is 0. The maximum atomic E-state index is 10.2. The van der Waals surface area contributed by atoms with Crippen molar-refractivity contribution in [2.75, 3.05) is 14.2 Å². The molecule has 22 heavy (non-hydrogen) atoms. The SMILES string of the molecule is CCC(=O)CC.COc1cccc(-c2ccccc2)c1OC. The van der Waals surface area contributed by atoms with Crippen LogP contribution in [0.2, 0.25) is 0 Å². The van der Waals surface area contributed by atoms with Gasteiger partial charge in [0.15, 0.2) is 11.5 Å². The van der Waals surface area contributed by atoms with E-state index in [1.54, 1.807) is 14.2 Å². The largest absolute Gasteiger partial charge is 0.493 e. The number of hydrogen-bond acceptors (Lipinski definition) is 3. The molecule has 0 unspecified atom stereocenters. The van der Waals surface area contributed by atoms with Crippen LogP contribution in [-0.4, -0.2) is 20.0 Å². The van der Waals surface area contributed by atoms with Crippen molar-refractivity contribution < 1.29 is 14.3 Å². The highest BCUT2D eigenvalue weighted by Gasteiger charge is 2.10. The number of ether oxygens (including phenoxy) is 2. The second-order valence-electron chi connectivity index (χ2n) is 4.65. The molecule has 0 atom stereocenters. The van der Waals surface area contributed by atoms with Gasteiger partial charge in [0.25, 0.3) is 0 Å². The Morgan fingerprint density at radius 3 is 1.95 bits per heavy atom. The first-order valence-electron chi connectivity index (χ1n) is 7.45. The van der Waals surface area contributed by atoms with Crippen molar-refractivity contribution in [2.45, 2.75) is 26.7 Å². The predicted molar refractivity (Wildman–Crippen MR) is 90.6 cm³/mol. The normalized spacial score (nSPS) is 9.45. The third-order valence-electron chi connectivity index (χ3n) is 3.28. The maximum absolute atomic E-state index is 10.2. The molecule has 2 aromatic rings. The molecule has 0 N–H and O–H groups in total. The molecule has 0 spiro atoms. The molecule has 0 amide bonds. The Balaban J connectivity index is 0.000000346. The molecule has 3 heteroatoms. The van der Waals surface area contributed by atoms with Crippen LogP contribution < -0.4 is 9.47 Å². The van der Waals surface area contributed by atoms with Crippen LogP contribution in [0.3, 0.4) is 0 Å². The van der Waals surface area contributed by atoms with Crippen molar-refractivity contribution >= 4 is 5.78 Å². The molecule has 0 aliphatic rings. The van der Waals surface area contributed by atoms with Gasteiger partial charge >= 0.3 is 0 Å². The molecule has 2 aromatic carbocycles. The molecular weight excluding hydrogens is 276 g/mol. The second-order valence-corrected chi connectivity index (χ2v) is 4.65. The summed E-state index contributed by atoms with van der Waals surface area (Å²) in [7, 11) is 3.30. The Hall–Kier alpha value is -2.29. The zero-order valence-corrected chi connectivity index (χ0v) is 13.8. The van der Waals surface area contributed by atoms with Crippen LogP contribution in [-0.2, 0) is 4.79 Å². The van der Waals surface area contributed by atoms with E-state index in [0.717, 1.165) is 22.6 Å². The molecule has 0 fully saturated rings. The van der Waals surface area contributed by atoms with E-state index in [1.807, 2.05) is 50.2 Å². The standard InChI is InChI=1S/C14H14O2.C5H10O/c1-15-13-10-6-9-12(14(13)16-2)11-7-4-3-5-8-11;1-3-5(6)4-2/h3-10H,1-2H3;3-4H2,1-2H3. The monoisotopic (exact) mass is 300 g/mol. The highest BCUT2D eigenvalue weighted by atomic mass is 16.5. The molecule has 0 aliphatic heterocycles. The molecule has 0 saturated carbocycles. The van der Waals surface area contributed by atoms with Crippen LogP contribution in [0.15, 0.2) is 48.5 Å². The lowest BCUT2D eigenvalue weighted by Crippen LogP contribution is -1.92. The van der Waals surface area contributed by atoms with Crippen molar-refractivity contribution in [1.29, 1.82) is 0 Å². The van der Waals surface area contributed by atoms with Crippen molar-refractivity contribution in [3.8, 4) is 22.6 Å². The lowest BCUT2D eigenvalue weighted by molar-refractivity contribution is -0.118. The minimum absolute atomic E-state index is 0.343.